The van der Waals surface area contributed by atoms with E-state index in [4.69, 9.17) is 0 Å². The zero-order valence-corrected chi connectivity index (χ0v) is 6.11. The summed E-state index contributed by atoms with van der Waals surface area (Å²) >= 11 is 0. The molecular formula is C5H5F6NO. The Morgan fingerprint density at radius 1 is 1.00 bits per heavy atom. The maximum atomic E-state index is 11.6. The lowest BCUT2D eigenvalue weighted by Crippen LogP contribution is -2.48. The fourth-order valence-electron chi connectivity index (χ4n) is 0.579. The minimum absolute atomic E-state index is 0.00944. The van der Waals surface area contributed by atoms with Gasteiger partial charge in [-0.3, -0.25) is 0 Å². The van der Waals surface area contributed by atoms with Gasteiger partial charge in [-0.2, -0.15) is 26.3 Å². The number of hydrogen-bond acceptors (Lipinski definition) is 2. The summed E-state index contributed by atoms with van der Waals surface area (Å²) in [6.07, 6.45) is -11.8. The van der Waals surface area contributed by atoms with Crippen LogP contribution in [0.4, 0.5) is 26.3 Å². The van der Waals surface area contributed by atoms with Crippen LogP contribution in [0.25, 0.3) is 0 Å². The average Bonchev–Trinajstić information content (AvgIpc) is 1.81. The Morgan fingerprint density at radius 3 is 1.62 bits per heavy atom. The molecule has 0 aromatic rings. The van der Waals surface area contributed by atoms with E-state index < -0.39 is 30.5 Å². The largest absolute Gasteiger partial charge is 0.467 e. The van der Waals surface area contributed by atoms with E-state index in [2.05, 4.69) is 0 Å². The van der Waals surface area contributed by atoms with Crippen molar-refractivity contribution in [1.82, 2.24) is 4.90 Å². The summed E-state index contributed by atoms with van der Waals surface area (Å²) in [5.74, 6) is 0. The quantitative estimate of drug-likeness (QED) is 0.402. The van der Waals surface area contributed by atoms with Gasteiger partial charge in [0, 0.05) is 13.0 Å². The molecule has 0 unspecified atom stereocenters. The Labute approximate surface area is 69.1 Å². The summed E-state index contributed by atoms with van der Waals surface area (Å²) in [6, 6.07) is 0. The average molecular weight is 209 g/mol. The van der Waals surface area contributed by atoms with Gasteiger partial charge in [0.25, 0.3) is 0 Å². The molecule has 0 radical (unpaired) electrons. The van der Waals surface area contributed by atoms with Crippen molar-refractivity contribution in [2.45, 2.75) is 19.0 Å². The van der Waals surface area contributed by atoms with Crippen molar-refractivity contribution < 1.29 is 31.1 Å². The fraction of sp³-hybridized carbons (Fsp3) is 0.800. The third-order valence-corrected chi connectivity index (χ3v) is 1.08. The van der Waals surface area contributed by atoms with Crippen LogP contribution in [-0.4, -0.2) is 30.3 Å². The molecule has 0 aliphatic rings. The molecule has 13 heavy (non-hydrogen) atoms. The minimum Gasteiger partial charge on any atom is -0.303 e. The highest BCUT2D eigenvalue weighted by Crippen LogP contribution is 2.32. The van der Waals surface area contributed by atoms with Gasteiger partial charge in [0.1, 0.15) is 6.29 Å². The van der Waals surface area contributed by atoms with Crippen LogP contribution in [0.2, 0.25) is 0 Å². The maximum Gasteiger partial charge on any atom is 0.467 e. The number of carbonyl (C=O) groups is 1. The summed E-state index contributed by atoms with van der Waals surface area (Å²) in [7, 11) is 0. The van der Waals surface area contributed by atoms with Gasteiger partial charge in [-0.25, -0.2) is 0 Å². The smallest absolute Gasteiger partial charge is 0.303 e. The van der Waals surface area contributed by atoms with Gasteiger partial charge >= 0.3 is 12.6 Å². The highest BCUT2D eigenvalue weighted by Gasteiger charge is 2.53. The second-order valence-electron chi connectivity index (χ2n) is 2.04. The summed E-state index contributed by atoms with van der Waals surface area (Å²) < 4.78 is 69.8. The molecule has 0 atom stereocenters. The molecule has 0 aliphatic carbocycles. The second kappa shape index (κ2) is 3.95. The number of alkyl halides is 6. The first-order chi connectivity index (χ1) is 5.69. The highest BCUT2D eigenvalue weighted by molar-refractivity contribution is 5.49. The lowest BCUT2D eigenvalue weighted by Gasteiger charge is -2.25. The van der Waals surface area contributed by atoms with E-state index in [0.29, 0.717) is 0 Å². The Kier molecular flexibility index (Phi) is 3.71. The first-order valence-electron chi connectivity index (χ1n) is 3.04. The molecule has 0 aliphatic heterocycles. The SMILES string of the molecule is O=CCCN(C(F)(F)F)C(F)(F)F. The topological polar surface area (TPSA) is 20.3 Å². The summed E-state index contributed by atoms with van der Waals surface area (Å²) in [4.78, 5) is 7.96. The fourth-order valence-corrected chi connectivity index (χ4v) is 0.579. The molecule has 0 saturated carbocycles. The van der Waals surface area contributed by atoms with Crippen LogP contribution in [0.3, 0.4) is 0 Å². The molecular weight excluding hydrogens is 204 g/mol. The summed E-state index contributed by atoms with van der Waals surface area (Å²) in [5, 5.41) is 0. The molecule has 2 nitrogen and oxygen atoms in total. The first kappa shape index (κ1) is 12.2. The van der Waals surface area contributed by atoms with E-state index in [-0.39, 0.29) is 6.29 Å². The molecule has 78 valence electrons. The summed E-state index contributed by atoms with van der Waals surface area (Å²) in [6.45, 7) is -1.41. The highest BCUT2D eigenvalue weighted by atomic mass is 19.4. The predicted octanol–water partition coefficient (Wildman–Crippen LogP) is 1.92. The van der Waals surface area contributed by atoms with Crippen molar-refractivity contribution in [3.8, 4) is 0 Å². The minimum atomic E-state index is -5.50. The van der Waals surface area contributed by atoms with Crippen LogP contribution >= 0.6 is 0 Å². The zero-order chi connectivity index (χ0) is 10.7. The second-order valence-corrected chi connectivity index (χ2v) is 2.04. The number of aldehydes is 1. The van der Waals surface area contributed by atoms with E-state index in [1.165, 1.54) is 0 Å². The van der Waals surface area contributed by atoms with Crippen LogP contribution in [0.15, 0.2) is 0 Å². The van der Waals surface area contributed by atoms with Crippen LogP contribution in [-0.2, 0) is 4.79 Å². The summed E-state index contributed by atoms with van der Waals surface area (Å²) in [5.41, 5.74) is 0. The molecule has 0 aromatic heterocycles. The van der Waals surface area contributed by atoms with Gasteiger partial charge < -0.3 is 4.79 Å². The van der Waals surface area contributed by atoms with Gasteiger partial charge in [0.15, 0.2) is 0 Å². The van der Waals surface area contributed by atoms with Gasteiger partial charge in [-0.05, 0) is 0 Å². The molecule has 0 spiro atoms. The predicted molar refractivity (Wildman–Crippen MR) is 29.5 cm³/mol. The number of carbonyl (C=O) groups excluding carboxylic acids is 1. The zero-order valence-electron chi connectivity index (χ0n) is 6.11. The van der Waals surface area contributed by atoms with E-state index in [1.54, 1.807) is 0 Å². The van der Waals surface area contributed by atoms with Crippen molar-refractivity contribution in [2.24, 2.45) is 0 Å². The van der Waals surface area contributed by atoms with E-state index in [9.17, 15) is 31.1 Å². The normalized spacial score (nSPS) is 13.5. The Bertz CT molecular complexity index is 159. The van der Waals surface area contributed by atoms with Crippen molar-refractivity contribution in [3.63, 3.8) is 0 Å². The molecule has 0 aromatic carbocycles. The van der Waals surface area contributed by atoms with Crippen LogP contribution in [0.5, 0.6) is 0 Å². The Hall–Kier alpha value is -0.790. The molecule has 0 heterocycles. The number of nitrogens with zero attached hydrogens (tertiary/aromatic N) is 1. The van der Waals surface area contributed by atoms with Gasteiger partial charge in [-0.15, -0.1) is 4.90 Å². The van der Waals surface area contributed by atoms with E-state index >= 15 is 0 Å². The Morgan fingerprint density at radius 2 is 1.38 bits per heavy atom. The Balaban J connectivity index is 4.47. The van der Waals surface area contributed by atoms with Crippen LogP contribution in [0.1, 0.15) is 6.42 Å². The first-order valence-corrected chi connectivity index (χ1v) is 3.04. The van der Waals surface area contributed by atoms with E-state index in [0.717, 1.165) is 0 Å². The van der Waals surface area contributed by atoms with Crippen LogP contribution in [0, 0.1) is 0 Å². The monoisotopic (exact) mass is 209 g/mol. The van der Waals surface area contributed by atoms with E-state index in [1.807, 2.05) is 0 Å². The molecule has 0 amide bonds. The standard InChI is InChI=1S/C5H5F6NO/c6-4(7,8)12(2-1-3-13)5(9,10)11/h3H,1-2H2. The molecule has 8 heteroatoms. The van der Waals surface area contributed by atoms with Crippen LogP contribution < -0.4 is 0 Å². The van der Waals surface area contributed by atoms with Crippen molar-refractivity contribution >= 4 is 6.29 Å². The van der Waals surface area contributed by atoms with Crippen molar-refractivity contribution in [3.05, 3.63) is 0 Å². The molecule has 0 bridgehead atoms. The third-order valence-electron chi connectivity index (χ3n) is 1.08. The lowest BCUT2D eigenvalue weighted by molar-refractivity contribution is -0.372. The number of hydrogen-bond donors (Lipinski definition) is 0. The maximum absolute atomic E-state index is 11.6. The number of halogens is 6. The molecule has 0 rings (SSSR count). The molecule has 0 N–H and O–H groups in total. The molecule has 0 saturated heterocycles. The van der Waals surface area contributed by atoms with Gasteiger partial charge in [-0.1, -0.05) is 0 Å². The number of rotatable bonds is 3. The molecule has 0 fully saturated rings. The van der Waals surface area contributed by atoms with Crippen molar-refractivity contribution in [2.75, 3.05) is 6.54 Å². The van der Waals surface area contributed by atoms with Gasteiger partial charge in [0.05, 0.1) is 0 Å². The van der Waals surface area contributed by atoms with Crippen molar-refractivity contribution in [1.29, 1.82) is 0 Å². The third kappa shape index (κ3) is 4.11. The van der Waals surface area contributed by atoms with Gasteiger partial charge in [0.2, 0.25) is 0 Å². The lowest BCUT2D eigenvalue weighted by atomic mass is 10.4.